The van der Waals surface area contributed by atoms with Crippen LogP contribution in [0, 0.1) is 5.82 Å². The maximum atomic E-state index is 14.0. The summed E-state index contributed by atoms with van der Waals surface area (Å²) in [6.07, 6.45) is 0. The zero-order chi connectivity index (χ0) is 14.7. The molecule has 1 heterocycles. The van der Waals surface area contributed by atoms with Crippen LogP contribution in [0.1, 0.15) is 15.2 Å². The van der Waals surface area contributed by atoms with Crippen molar-refractivity contribution in [3.63, 3.8) is 0 Å². The van der Waals surface area contributed by atoms with E-state index in [-0.39, 0.29) is 12.4 Å². The first kappa shape index (κ1) is 14.9. The monoisotopic (exact) mass is 297 g/mol. The highest BCUT2D eigenvalue weighted by atomic mass is 32.1. The van der Waals surface area contributed by atoms with Gasteiger partial charge in [-0.3, -0.25) is 15.1 Å². The van der Waals surface area contributed by atoms with Crippen LogP contribution < -0.4 is 11.3 Å². The molecule has 1 aromatic heterocycles. The standard InChI is InChI=1S/C13H16FN3O2S/c1-17(5-6-18)7-8-11-9(14)3-2-4-10(11)20-12(8)13(19)16-15/h2-4,18H,5-7,15H2,1H3,(H,16,19). The quantitative estimate of drug-likeness (QED) is 0.438. The molecule has 1 aromatic carbocycles. The van der Waals surface area contributed by atoms with Gasteiger partial charge < -0.3 is 5.11 Å². The molecule has 5 nitrogen and oxygen atoms in total. The number of nitrogen functional groups attached to an aromatic ring is 1. The Morgan fingerprint density at radius 1 is 1.55 bits per heavy atom. The molecule has 0 fully saturated rings. The van der Waals surface area contributed by atoms with Crippen molar-refractivity contribution in [2.24, 2.45) is 5.84 Å². The second-order valence-electron chi connectivity index (χ2n) is 4.46. The van der Waals surface area contributed by atoms with Crippen LogP contribution in [0.3, 0.4) is 0 Å². The summed E-state index contributed by atoms with van der Waals surface area (Å²) < 4.78 is 14.7. The van der Waals surface area contributed by atoms with Gasteiger partial charge in [-0.15, -0.1) is 11.3 Å². The molecule has 0 spiro atoms. The molecular weight excluding hydrogens is 281 g/mol. The number of thiophene rings is 1. The van der Waals surface area contributed by atoms with Crippen molar-refractivity contribution in [3.8, 4) is 0 Å². The van der Waals surface area contributed by atoms with Gasteiger partial charge in [0.1, 0.15) is 5.82 Å². The molecule has 0 aliphatic heterocycles. The van der Waals surface area contributed by atoms with E-state index < -0.39 is 5.91 Å². The number of rotatable bonds is 5. The van der Waals surface area contributed by atoms with Gasteiger partial charge in [0, 0.05) is 28.7 Å². The number of carbonyl (C=O) groups is 1. The lowest BCUT2D eigenvalue weighted by Gasteiger charge is -2.15. The number of aliphatic hydroxyl groups excluding tert-OH is 1. The van der Waals surface area contributed by atoms with Crippen molar-refractivity contribution in [1.29, 1.82) is 0 Å². The summed E-state index contributed by atoms with van der Waals surface area (Å²) in [5.41, 5.74) is 2.69. The summed E-state index contributed by atoms with van der Waals surface area (Å²) in [4.78, 5) is 14.1. The molecule has 108 valence electrons. The second-order valence-corrected chi connectivity index (χ2v) is 5.51. The smallest absolute Gasteiger partial charge is 0.275 e. The van der Waals surface area contributed by atoms with E-state index in [1.807, 2.05) is 4.90 Å². The first-order valence-electron chi connectivity index (χ1n) is 6.08. The lowest BCUT2D eigenvalue weighted by Crippen LogP contribution is -2.31. The highest BCUT2D eigenvalue weighted by molar-refractivity contribution is 7.21. The fourth-order valence-electron chi connectivity index (χ4n) is 2.09. The minimum atomic E-state index is -0.432. The normalized spacial score (nSPS) is 11.2. The molecule has 20 heavy (non-hydrogen) atoms. The van der Waals surface area contributed by atoms with Crippen LogP contribution in [0.15, 0.2) is 18.2 Å². The van der Waals surface area contributed by atoms with E-state index in [2.05, 4.69) is 5.43 Å². The number of nitrogens with one attached hydrogen (secondary N) is 1. The molecule has 0 aliphatic rings. The van der Waals surface area contributed by atoms with E-state index in [0.29, 0.717) is 33.6 Å². The van der Waals surface area contributed by atoms with Gasteiger partial charge in [-0.2, -0.15) is 0 Å². The van der Waals surface area contributed by atoms with E-state index >= 15 is 0 Å². The van der Waals surface area contributed by atoms with Gasteiger partial charge >= 0.3 is 0 Å². The van der Waals surface area contributed by atoms with E-state index in [1.54, 1.807) is 19.2 Å². The number of aliphatic hydroxyl groups is 1. The number of nitrogens with zero attached hydrogens (tertiary/aromatic N) is 1. The molecule has 0 unspecified atom stereocenters. The van der Waals surface area contributed by atoms with Crippen molar-refractivity contribution in [2.75, 3.05) is 20.2 Å². The molecule has 0 bridgehead atoms. The maximum Gasteiger partial charge on any atom is 0.275 e. The lowest BCUT2D eigenvalue weighted by atomic mass is 10.1. The SMILES string of the molecule is CN(CCO)Cc1c(C(=O)NN)sc2cccc(F)c12. The Bertz CT molecular complexity index is 629. The minimum absolute atomic E-state index is 0.000525. The molecule has 0 saturated heterocycles. The third-order valence-corrected chi connectivity index (χ3v) is 4.21. The van der Waals surface area contributed by atoms with E-state index in [1.165, 1.54) is 17.4 Å². The first-order chi connectivity index (χ1) is 9.58. The summed E-state index contributed by atoms with van der Waals surface area (Å²) in [6.45, 7) is 0.805. The number of hydrazine groups is 1. The van der Waals surface area contributed by atoms with Gasteiger partial charge in [0.25, 0.3) is 5.91 Å². The van der Waals surface area contributed by atoms with Gasteiger partial charge in [-0.25, -0.2) is 10.2 Å². The molecule has 0 radical (unpaired) electrons. The van der Waals surface area contributed by atoms with Gasteiger partial charge in [0.2, 0.25) is 0 Å². The highest BCUT2D eigenvalue weighted by Gasteiger charge is 2.21. The highest BCUT2D eigenvalue weighted by Crippen LogP contribution is 2.33. The summed E-state index contributed by atoms with van der Waals surface area (Å²) in [6, 6.07) is 4.75. The van der Waals surface area contributed by atoms with E-state index in [4.69, 9.17) is 10.9 Å². The van der Waals surface area contributed by atoms with E-state index in [0.717, 1.165) is 0 Å². The molecule has 0 aliphatic carbocycles. The Balaban J connectivity index is 2.54. The third kappa shape index (κ3) is 2.80. The Hall–Kier alpha value is -1.54. The van der Waals surface area contributed by atoms with Gasteiger partial charge in [-0.1, -0.05) is 6.07 Å². The molecule has 2 aromatic rings. The average Bonchev–Trinajstić information content (AvgIpc) is 2.78. The fraction of sp³-hybridized carbons (Fsp3) is 0.308. The summed E-state index contributed by atoms with van der Waals surface area (Å²) >= 11 is 1.21. The number of fused-ring (bicyclic) bond motifs is 1. The minimum Gasteiger partial charge on any atom is -0.395 e. The van der Waals surface area contributed by atoms with Gasteiger partial charge in [0.15, 0.2) is 0 Å². The molecule has 0 saturated carbocycles. The van der Waals surface area contributed by atoms with Crippen molar-refractivity contribution in [2.45, 2.75) is 6.54 Å². The Morgan fingerprint density at radius 3 is 2.95 bits per heavy atom. The predicted molar refractivity (Wildman–Crippen MR) is 76.9 cm³/mol. The molecular formula is C13H16FN3O2S. The number of halogens is 1. The first-order valence-corrected chi connectivity index (χ1v) is 6.90. The Morgan fingerprint density at radius 2 is 2.30 bits per heavy atom. The van der Waals surface area contributed by atoms with E-state index in [9.17, 15) is 9.18 Å². The van der Waals surface area contributed by atoms with Crippen LogP contribution >= 0.6 is 11.3 Å². The average molecular weight is 297 g/mol. The molecule has 2 rings (SSSR count). The zero-order valence-electron chi connectivity index (χ0n) is 11.0. The number of benzene rings is 1. The fourth-order valence-corrected chi connectivity index (χ4v) is 3.22. The Labute approximate surface area is 119 Å². The van der Waals surface area contributed by atoms with Gasteiger partial charge in [-0.05, 0) is 19.2 Å². The summed E-state index contributed by atoms with van der Waals surface area (Å²) in [7, 11) is 1.80. The number of hydrogen-bond donors (Lipinski definition) is 3. The van der Waals surface area contributed by atoms with Crippen molar-refractivity contribution >= 4 is 27.3 Å². The summed E-state index contributed by atoms with van der Waals surface area (Å²) in [5.74, 6) is 4.39. The number of likely N-dealkylation sites (N-methyl/N-ethyl adjacent to an activating group) is 1. The van der Waals surface area contributed by atoms with Crippen molar-refractivity contribution < 1.29 is 14.3 Å². The second kappa shape index (κ2) is 6.27. The van der Waals surface area contributed by atoms with Crippen LogP contribution in [0.4, 0.5) is 4.39 Å². The number of nitrogens with two attached hydrogens (primary N) is 1. The third-order valence-electron chi connectivity index (χ3n) is 3.01. The number of hydrogen-bond acceptors (Lipinski definition) is 5. The van der Waals surface area contributed by atoms with Crippen molar-refractivity contribution in [3.05, 3.63) is 34.5 Å². The molecule has 7 heteroatoms. The van der Waals surface area contributed by atoms with Crippen molar-refractivity contribution in [1.82, 2.24) is 10.3 Å². The van der Waals surface area contributed by atoms with Crippen LogP contribution in [-0.2, 0) is 6.54 Å². The molecule has 1 amide bonds. The number of carbonyl (C=O) groups excluding carboxylic acids is 1. The van der Waals surface area contributed by atoms with Crippen LogP contribution in [0.2, 0.25) is 0 Å². The van der Waals surface area contributed by atoms with Crippen LogP contribution in [0.5, 0.6) is 0 Å². The topological polar surface area (TPSA) is 78.6 Å². The number of amides is 1. The lowest BCUT2D eigenvalue weighted by molar-refractivity contribution is 0.0956. The predicted octanol–water partition coefficient (Wildman–Crippen LogP) is 1.07. The largest absolute Gasteiger partial charge is 0.395 e. The van der Waals surface area contributed by atoms with Gasteiger partial charge in [0.05, 0.1) is 11.5 Å². The maximum absolute atomic E-state index is 14.0. The van der Waals surface area contributed by atoms with Crippen LogP contribution in [0.25, 0.3) is 10.1 Å². The molecule has 0 atom stereocenters. The zero-order valence-corrected chi connectivity index (χ0v) is 11.8. The molecule has 4 N–H and O–H groups in total. The Kier molecular flexibility index (Phi) is 4.66. The summed E-state index contributed by atoms with van der Waals surface area (Å²) in [5, 5.41) is 9.39. The van der Waals surface area contributed by atoms with Crippen LogP contribution in [-0.4, -0.2) is 36.1 Å².